The highest BCUT2D eigenvalue weighted by Crippen LogP contribution is 2.26. The van der Waals surface area contributed by atoms with Crippen LogP contribution in [-0.4, -0.2) is 45.4 Å². The van der Waals surface area contributed by atoms with Crippen molar-refractivity contribution < 1.29 is 9.53 Å². The standard InChI is InChI=1S/C16H25N3O2S/c1-12-14(18-8-7-17-12)22-11-13-6-5-9-19(10-13)15(20)21-16(2,3)4/h7-8,13H,5-6,9-11H2,1-4H3/t13-/m0/s1. The molecule has 22 heavy (non-hydrogen) atoms. The monoisotopic (exact) mass is 323 g/mol. The molecule has 0 N–H and O–H groups in total. The number of aromatic nitrogens is 2. The minimum absolute atomic E-state index is 0.196. The Kier molecular flexibility index (Phi) is 5.67. The van der Waals surface area contributed by atoms with E-state index in [9.17, 15) is 4.79 Å². The summed E-state index contributed by atoms with van der Waals surface area (Å²) in [7, 11) is 0. The molecule has 1 saturated heterocycles. The number of piperidine rings is 1. The van der Waals surface area contributed by atoms with Gasteiger partial charge in [0.15, 0.2) is 0 Å². The molecule has 1 aliphatic rings. The highest BCUT2D eigenvalue weighted by Gasteiger charge is 2.27. The first kappa shape index (κ1) is 17.1. The molecule has 0 radical (unpaired) electrons. The Morgan fingerprint density at radius 3 is 2.82 bits per heavy atom. The van der Waals surface area contributed by atoms with Gasteiger partial charge in [-0.05, 0) is 46.5 Å². The SMILES string of the molecule is Cc1nccnc1SC[C@H]1CCCN(C(=O)OC(C)(C)C)C1. The number of carbonyl (C=O) groups excluding carboxylic acids is 1. The molecular weight excluding hydrogens is 298 g/mol. The van der Waals surface area contributed by atoms with Gasteiger partial charge in [-0.15, -0.1) is 11.8 Å². The normalized spacial score (nSPS) is 19.1. The third-order valence-corrected chi connectivity index (χ3v) is 4.77. The zero-order valence-corrected chi connectivity index (χ0v) is 14.7. The zero-order valence-electron chi connectivity index (χ0n) is 13.8. The van der Waals surface area contributed by atoms with E-state index in [1.54, 1.807) is 24.2 Å². The lowest BCUT2D eigenvalue weighted by atomic mass is 10.0. The predicted molar refractivity (Wildman–Crippen MR) is 88.0 cm³/mol. The maximum atomic E-state index is 12.2. The Bertz CT molecular complexity index is 516. The first-order chi connectivity index (χ1) is 10.3. The number of thioether (sulfide) groups is 1. The Labute approximate surface area is 136 Å². The van der Waals surface area contributed by atoms with Crippen LogP contribution in [0.5, 0.6) is 0 Å². The molecule has 1 atom stereocenters. The van der Waals surface area contributed by atoms with Crippen molar-refractivity contribution in [2.24, 2.45) is 5.92 Å². The number of ether oxygens (including phenoxy) is 1. The quantitative estimate of drug-likeness (QED) is 0.797. The number of hydrogen-bond donors (Lipinski definition) is 0. The van der Waals surface area contributed by atoms with Gasteiger partial charge >= 0.3 is 6.09 Å². The lowest BCUT2D eigenvalue weighted by Crippen LogP contribution is -2.43. The highest BCUT2D eigenvalue weighted by molar-refractivity contribution is 7.99. The van der Waals surface area contributed by atoms with E-state index < -0.39 is 5.60 Å². The molecule has 0 spiro atoms. The fourth-order valence-corrected chi connectivity index (χ4v) is 3.49. The van der Waals surface area contributed by atoms with Crippen molar-refractivity contribution in [1.29, 1.82) is 0 Å². The van der Waals surface area contributed by atoms with E-state index in [4.69, 9.17) is 4.74 Å². The van der Waals surface area contributed by atoms with Gasteiger partial charge in [0.25, 0.3) is 0 Å². The third-order valence-electron chi connectivity index (χ3n) is 3.46. The van der Waals surface area contributed by atoms with E-state index in [0.29, 0.717) is 5.92 Å². The van der Waals surface area contributed by atoms with Gasteiger partial charge in [0.1, 0.15) is 10.6 Å². The van der Waals surface area contributed by atoms with Gasteiger partial charge in [0, 0.05) is 31.2 Å². The number of hydrogen-bond acceptors (Lipinski definition) is 5. The minimum atomic E-state index is -0.435. The summed E-state index contributed by atoms with van der Waals surface area (Å²) in [4.78, 5) is 22.6. The van der Waals surface area contributed by atoms with Crippen LogP contribution in [0.4, 0.5) is 4.79 Å². The van der Waals surface area contributed by atoms with Gasteiger partial charge in [-0.25, -0.2) is 9.78 Å². The Hall–Kier alpha value is -1.30. The van der Waals surface area contributed by atoms with Gasteiger partial charge in [-0.1, -0.05) is 0 Å². The highest BCUT2D eigenvalue weighted by atomic mass is 32.2. The topological polar surface area (TPSA) is 55.3 Å². The van der Waals surface area contributed by atoms with Gasteiger partial charge in [0.2, 0.25) is 0 Å². The van der Waals surface area contributed by atoms with Gasteiger partial charge in [-0.2, -0.15) is 0 Å². The molecule has 1 fully saturated rings. The summed E-state index contributed by atoms with van der Waals surface area (Å²) in [6, 6.07) is 0. The molecule has 6 heteroatoms. The van der Waals surface area contributed by atoms with Crippen molar-refractivity contribution >= 4 is 17.9 Å². The molecular formula is C16H25N3O2S. The summed E-state index contributed by atoms with van der Waals surface area (Å²) in [5.41, 5.74) is 0.530. The summed E-state index contributed by atoms with van der Waals surface area (Å²) in [6.45, 7) is 9.24. The molecule has 0 bridgehead atoms. The second-order valence-electron chi connectivity index (χ2n) is 6.69. The number of aryl methyl sites for hydroxylation is 1. The summed E-state index contributed by atoms with van der Waals surface area (Å²) < 4.78 is 5.47. The number of carbonyl (C=O) groups is 1. The molecule has 0 aliphatic carbocycles. The number of amides is 1. The minimum Gasteiger partial charge on any atom is -0.444 e. The summed E-state index contributed by atoms with van der Waals surface area (Å²) in [5, 5.41) is 0.983. The first-order valence-corrected chi connectivity index (χ1v) is 8.72. The Morgan fingerprint density at radius 1 is 1.41 bits per heavy atom. The van der Waals surface area contributed by atoms with E-state index in [2.05, 4.69) is 9.97 Å². The van der Waals surface area contributed by atoms with Crippen LogP contribution >= 0.6 is 11.8 Å². The molecule has 2 heterocycles. The number of nitrogens with zero attached hydrogens (tertiary/aromatic N) is 3. The van der Waals surface area contributed by atoms with Crippen molar-refractivity contribution in [3.63, 3.8) is 0 Å². The van der Waals surface area contributed by atoms with Crippen LogP contribution in [0.25, 0.3) is 0 Å². The fraction of sp³-hybridized carbons (Fsp3) is 0.688. The van der Waals surface area contributed by atoms with E-state index in [1.165, 1.54) is 0 Å². The van der Waals surface area contributed by atoms with Crippen LogP contribution < -0.4 is 0 Å². The smallest absolute Gasteiger partial charge is 0.410 e. The summed E-state index contributed by atoms with van der Waals surface area (Å²) in [5.74, 6) is 1.44. The van der Waals surface area contributed by atoms with E-state index in [-0.39, 0.29) is 6.09 Å². The van der Waals surface area contributed by atoms with Crippen LogP contribution in [-0.2, 0) is 4.74 Å². The van der Waals surface area contributed by atoms with Crippen molar-refractivity contribution in [3.05, 3.63) is 18.1 Å². The van der Waals surface area contributed by atoms with Crippen LogP contribution in [0.3, 0.4) is 0 Å². The number of likely N-dealkylation sites (tertiary alicyclic amines) is 1. The van der Waals surface area contributed by atoms with Crippen molar-refractivity contribution in [3.8, 4) is 0 Å². The lowest BCUT2D eigenvalue weighted by molar-refractivity contribution is 0.0177. The molecule has 1 aromatic rings. The van der Waals surface area contributed by atoms with Gasteiger partial charge in [-0.3, -0.25) is 4.98 Å². The van der Waals surface area contributed by atoms with Crippen molar-refractivity contribution in [2.45, 2.75) is 51.2 Å². The van der Waals surface area contributed by atoms with Crippen LogP contribution in [0.1, 0.15) is 39.3 Å². The average Bonchev–Trinajstić information content (AvgIpc) is 2.45. The fourth-order valence-electron chi connectivity index (χ4n) is 2.43. The van der Waals surface area contributed by atoms with Crippen molar-refractivity contribution in [1.82, 2.24) is 14.9 Å². The molecule has 1 amide bonds. The molecule has 5 nitrogen and oxygen atoms in total. The summed E-state index contributed by atoms with van der Waals surface area (Å²) >= 11 is 1.73. The molecule has 0 saturated carbocycles. The molecule has 0 unspecified atom stereocenters. The molecule has 0 aromatic carbocycles. The van der Waals surface area contributed by atoms with Crippen molar-refractivity contribution in [2.75, 3.05) is 18.8 Å². The maximum Gasteiger partial charge on any atom is 0.410 e. The Morgan fingerprint density at radius 2 is 2.14 bits per heavy atom. The molecule has 1 aliphatic heterocycles. The second-order valence-corrected chi connectivity index (χ2v) is 7.70. The van der Waals surface area contributed by atoms with E-state index >= 15 is 0 Å². The molecule has 122 valence electrons. The number of rotatable bonds is 3. The maximum absolute atomic E-state index is 12.2. The third kappa shape index (κ3) is 5.16. The van der Waals surface area contributed by atoms with Crippen LogP contribution in [0.15, 0.2) is 17.4 Å². The van der Waals surface area contributed by atoms with Gasteiger partial charge < -0.3 is 9.64 Å². The molecule has 1 aromatic heterocycles. The van der Waals surface area contributed by atoms with Crippen LogP contribution in [0.2, 0.25) is 0 Å². The van der Waals surface area contributed by atoms with E-state index in [0.717, 1.165) is 42.4 Å². The predicted octanol–water partition coefficient (Wildman–Crippen LogP) is 3.52. The second kappa shape index (κ2) is 7.31. The lowest BCUT2D eigenvalue weighted by Gasteiger charge is -2.34. The van der Waals surface area contributed by atoms with Crippen LogP contribution in [0, 0.1) is 12.8 Å². The first-order valence-electron chi connectivity index (χ1n) is 7.73. The van der Waals surface area contributed by atoms with Gasteiger partial charge in [0.05, 0.1) is 5.69 Å². The average molecular weight is 323 g/mol. The zero-order chi connectivity index (χ0) is 16.2. The Balaban J connectivity index is 1.86. The largest absolute Gasteiger partial charge is 0.444 e. The van der Waals surface area contributed by atoms with E-state index in [1.807, 2.05) is 32.6 Å². The molecule has 2 rings (SSSR count). The summed E-state index contributed by atoms with van der Waals surface area (Å²) in [6.07, 6.45) is 5.42.